The molecule has 0 saturated carbocycles. The standard InChI is InChI=1S/C14H27NO3/c1-11(2)10-12(13(16)18-14(3,4)5)15-6-8-17-9-7-15/h11-12H,6-10H2,1-5H3. The Labute approximate surface area is 111 Å². The smallest absolute Gasteiger partial charge is 0.323 e. The monoisotopic (exact) mass is 257 g/mol. The lowest BCUT2D eigenvalue weighted by Crippen LogP contribution is -2.49. The third-order valence-electron chi connectivity index (χ3n) is 2.86. The van der Waals surface area contributed by atoms with Crippen molar-refractivity contribution in [2.75, 3.05) is 26.3 Å². The van der Waals surface area contributed by atoms with Crippen LogP contribution in [-0.4, -0.2) is 48.8 Å². The molecule has 0 bridgehead atoms. The molecule has 1 heterocycles. The zero-order valence-electron chi connectivity index (χ0n) is 12.4. The van der Waals surface area contributed by atoms with Gasteiger partial charge in [-0.1, -0.05) is 13.8 Å². The molecule has 1 aliphatic heterocycles. The van der Waals surface area contributed by atoms with E-state index in [0.717, 1.165) is 19.5 Å². The summed E-state index contributed by atoms with van der Waals surface area (Å²) in [6.45, 7) is 13.1. The highest BCUT2D eigenvalue weighted by Gasteiger charge is 2.31. The van der Waals surface area contributed by atoms with Crippen molar-refractivity contribution >= 4 is 5.97 Å². The minimum absolute atomic E-state index is 0.0990. The Hall–Kier alpha value is -0.610. The average Bonchev–Trinajstić information content (AvgIpc) is 2.24. The Bertz CT molecular complexity index is 265. The summed E-state index contributed by atoms with van der Waals surface area (Å²) in [5.74, 6) is 0.378. The largest absolute Gasteiger partial charge is 0.459 e. The van der Waals surface area contributed by atoms with Crippen LogP contribution < -0.4 is 0 Å². The van der Waals surface area contributed by atoms with Gasteiger partial charge in [-0.25, -0.2) is 0 Å². The summed E-state index contributed by atoms with van der Waals surface area (Å²) in [5.41, 5.74) is -0.418. The number of morpholine rings is 1. The van der Waals surface area contributed by atoms with E-state index < -0.39 is 5.60 Å². The molecule has 0 N–H and O–H groups in total. The summed E-state index contributed by atoms with van der Waals surface area (Å²) < 4.78 is 10.9. The number of carbonyl (C=O) groups excluding carboxylic acids is 1. The summed E-state index contributed by atoms with van der Waals surface area (Å²) in [6.07, 6.45) is 0.842. The Kier molecular flexibility index (Phi) is 5.60. The molecule has 4 heteroatoms. The average molecular weight is 257 g/mol. The minimum atomic E-state index is -0.418. The molecule has 0 radical (unpaired) electrons. The topological polar surface area (TPSA) is 38.8 Å². The lowest BCUT2D eigenvalue weighted by atomic mass is 10.0. The predicted octanol–water partition coefficient (Wildman–Crippen LogP) is 2.08. The minimum Gasteiger partial charge on any atom is -0.459 e. The fourth-order valence-electron chi connectivity index (χ4n) is 2.10. The van der Waals surface area contributed by atoms with Crippen LogP contribution in [-0.2, 0) is 14.3 Å². The Morgan fingerprint density at radius 2 is 1.83 bits per heavy atom. The summed E-state index contributed by atoms with van der Waals surface area (Å²) in [5, 5.41) is 0. The van der Waals surface area contributed by atoms with E-state index in [2.05, 4.69) is 18.7 Å². The molecule has 0 aliphatic carbocycles. The van der Waals surface area contributed by atoms with Crippen LogP contribution in [0, 0.1) is 5.92 Å². The first-order valence-electron chi connectivity index (χ1n) is 6.84. The van der Waals surface area contributed by atoms with Gasteiger partial charge in [0.15, 0.2) is 0 Å². The van der Waals surface area contributed by atoms with Crippen molar-refractivity contribution in [3.05, 3.63) is 0 Å². The van der Waals surface area contributed by atoms with Crippen LogP contribution in [0.3, 0.4) is 0 Å². The molecular formula is C14H27NO3. The lowest BCUT2D eigenvalue weighted by molar-refractivity contribution is -0.163. The van der Waals surface area contributed by atoms with E-state index in [9.17, 15) is 4.79 Å². The summed E-state index contributed by atoms with van der Waals surface area (Å²) in [7, 11) is 0. The van der Waals surface area contributed by atoms with Crippen molar-refractivity contribution in [1.29, 1.82) is 0 Å². The molecule has 1 fully saturated rings. The zero-order chi connectivity index (χ0) is 13.8. The van der Waals surface area contributed by atoms with Crippen LogP contribution in [0.1, 0.15) is 41.0 Å². The molecule has 1 aliphatic rings. The van der Waals surface area contributed by atoms with Crippen molar-refractivity contribution in [2.24, 2.45) is 5.92 Å². The number of carbonyl (C=O) groups is 1. The number of hydrogen-bond donors (Lipinski definition) is 0. The maximum atomic E-state index is 12.3. The number of nitrogens with zero attached hydrogens (tertiary/aromatic N) is 1. The molecule has 1 unspecified atom stereocenters. The van der Waals surface area contributed by atoms with Crippen molar-refractivity contribution in [3.8, 4) is 0 Å². The highest BCUT2D eigenvalue weighted by atomic mass is 16.6. The van der Waals surface area contributed by atoms with E-state index in [1.54, 1.807) is 0 Å². The molecule has 1 rings (SSSR count). The Morgan fingerprint density at radius 3 is 2.28 bits per heavy atom. The fourth-order valence-corrected chi connectivity index (χ4v) is 2.10. The summed E-state index contributed by atoms with van der Waals surface area (Å²) >= 11 is 0. The van der Waals surface area contributed by atoms with Crippen molar-refractivity contribution in [1.82, 2.24) is 4.90 Å². The second-order valence-electron chi connectivity index (χ2n) is 6.33. The third-order valence-corrected chi connectivity index (χ3v) is 2.86. The van der Waals surface area contributed by atoms with Gasteiger partial charge in [-0.3, -0.25) is 9.69 Å². The highest BCUT2D eigenvalue weighted by Crippen LogP contribution is 2.18. The Balaban J connectivity index is 2.67. The van der Waals surface area contributed by atoms with Gasteiger partial charge in [0, 0.05) is 13.1 Å². The van der Waals surface area contributed by atoms with Crippen molar-refractivity contribution in [2.45, 2.75) is 52.7 Å². The number of ether oxygens (including phenoxy) is 2. The predicted molar refractivity (Wildman–Crippen MR) is 71.5 cm³/mol. The lowest BCUT2D eigenvalue weighted by Gasteiger charge is -2.35. The van der Waals surface area contributed by atoms with Gasteiger partial charge in [0.05, 0.1) is 13.2 Å². The van der Waals surface area contributed by atoms with Gasteiger partial charge in [0.25, 0.3) is 0 Å². The van der Waals surface area contributed by atoms with E-state index in [-0.39, 0.29) is 12.0 Å². The van der Waals surface area contributed by atoms with E-state index in [0.29, 0.717) is 19.1 Å². The second kappa shape index (κ2) is 6.53. The van der Waals surface area contributed by atoms with Crippen LogP contribution in [0.4, 0.5) is 0 Å². The van der Waals surface area contributed by atoms with E-state index in [1.165, 1.54) is 0 Å². The van der Waals surface area contributed by atoms with Gasteiger partial charge in [0.2, 0.25) is 0 Å². The van der Waals surface area contributed by atoms with Crippen molar-refractivity contribution in [3.63, 3.8) is 0 Å². The fraction of sp³-hybridized carbons (Fsp3) is 0.929. The number of hydrogen-bond acceptors (Lipinski definition) is 4. The normalized spacial score (nSPS) is 19.9. The molecule has 0 spiro atoms. The molecule has 0 amide bonds. The molecular weight excluding hydrogens is 230 g/mol. The van der Waals surface area contributed by atoms with Gasteiger partial charge < -0.3 is 9.47 Å². The zero-order valence-corrected chi connectivity index (χ0v) is 12.4. The molecule has 0 aromatic carbocycles. The quantitative estimate of drug-likeness (QED) is 0.723. The molecule has 1 saturated heterocycles. The van der Waals surface area contributed by atoms with Gasteiger partial charge in [-0.05, 0) is 33.1 Å². The second-order valence-corrected chi connectivity index (χ2v) is 6.33. The third kappa shape index (κ3) is 5.36. The SMILES string of the molecule is CC(C)CC(C(=O)OC(C)(C)C)N1CCOCC1. The molecule has 106 valence electrons. The van der Waals surface area contributed by atoms with Crippen LogP contribution >= 0.6 is 0 Å². The van der Waals surface area contributed by atoms with E-state index >= 15 is 0 Å². The first-order chi connectivity index (χ1) is 8.29. The van der Waals surface area contributed by atoms with E-state index in [4.69, 9.17) is 9.47 Å². The van der Waals surface area contributed by atoms with Crippen LogP contribution in [0.25, 0.3) is 0 Å². The van der Waals surface area contributed by atoms with Crippen LogP contribution in [0.2, 0.25) is 0 Å². The number of esters is 1. The maximum Gasteiger partial charge on any atom is 0.323 e. The van der Waals surface area contributed by atoms with Gasteiger partial charge in [-0.15, -0.1) is 0 Å². The van der Waals surface area contributed by atoms with Crippen LogP contribution in [0.15, 0.2) is 0 Å². The van der Waals surface area contributed by atoms with Crippen molar-refractivity contribution < 1.29 is 14.3 Å². The summed E-state index contributed by atoms with van der Waals surface area (Å²) in [6, 6.07) is -0.131. The van der Waals surface area contributed by atoms with E-state index in [1.807, 2.05) is 20.8 Å². The van der Waals surface area contributed by atoms with Crippen LogP contribution in [0.5, 0.6) is 0 Å². The first kappa shape index (κ1) is 15.4. The summed E-state index contributed by atoms with van der Waals surface area (Å²) in [4.78, 5) is 14.5. The molecule has 18 heavy (non-hydrogen) atoms. The van der Waals surface area contributed by atoms with Gasteiger partial charge in [0.1, 0.15) is 11.6 Å². The maximum absolute atomic E-state index is 12.3. The molecule has 1 atom stereocenters. The highest BCUT2D eigenvalue weighted by molar-refractivity contribution is 5.76. The molecule has 4 nitrogen and oxygen atoms in total. The first-order valence-corrected chi connectivity index (χ1v) is 6.84. The number of rotatable bonds is 4. The molecule has 0 aromatic rings. The Morgan fingerprint density at radius 1 is 1.28 bits per heavy atom. The molecule has 0 aromatic heterocycles. The van der Waals surface area contributed by atoms with Gasteiger partial charge >= 0.3 is 5.97 Å². The van der Waals surface area contributed by atoms with Gasteiger partial charge in [-0.2, -0.15) is 0 Å².